The number of nitrogens with zero attached hydrogens (tertiary/aromatic N) is 1. The lowest BCUT2D eigenvalue weighted by Crippen LogP contribution is -2.35. The summed E-state index contributed by atoms with van der Waals surface area (Å²) in [7, 11) is 1.83. The van der Waals surface area contributed by atoms with Gasteiger partial charge in [-0.15, -0.1) is 11.8 Å². The van der Waals surface area contributed by atoms with Crippen molar-refractivity contribution in [3.8, 4) is 0 Å². The first-order chi connectivity index (χ1) is 8.09. The van der Waals surface area contributed by atoms with Gasteiger partial charge in [0.15, 0.2) is 0 Å². The van der Waals surface area contributed by atoms with Crippen molar-refractivity contribution < 1.29 is 9.90 Å². The van der Waals surface area contributed by atoms with Gasteiger partial charge in [-0.25, -0.2) is 4.79 Å². The molecule has 1 N–H and O–H groups in total. The van der Waals surface area contributed by atoms with Crippen molar-refractivity contribution in [2.75, 3.05) is 17.7 Å². The van der Waals surface area contributed by atoms with E-state index in [4.69, 9.17) is 5.11 Å². The summed E-state index contributed by atoms with van der Waals surface area (Å²) in [6.45, 7) is 1.70. The van der Waals surface area contributed by atoms with Crippen molar-refractivity contribution in [1.82, 2.24) is 0 Å². The standard InChI is InChI=1S/C13H17NO2S/c1-9(13(15)16)14(2)11-5-6-12-10(8-11)4-3-7-17-12/h5-6,8-9H,3-4,7H2,1-2H3,(H,15,16). The average Bonchev–Trinajstić information content (AvgIpc) is 2.36. The van der Waals surface area contributed by atoms with Crippen LogP contribution in [0.5, 0.6) is 0 Å². The summed E-state index contributed by atoms with van der Waals surface area (Å²) < 4.78 is 0. The van der Waals surface area contributed by atoms with Gasteiger partial charge in [-0.1, -0.05) is 0 Å². The Kier molecular flexibility index (Phi) is 3.62. The maximum Gasteiger partial charge on any atom is 0.326 e. The molecule has 1 aliphatic heterocycles. The largest absolute Gasteiger partial charge is 0.480 e. The van der Waals surface area contributed by atoms with E-state index in [-0.39, 0.29) is 0 Å². The normalized spacial score (nSPS) is 16.1. The van der Waals surface area contributed by atoms with Gasteiger partial charge in [0.1, 0.15) is 6.04 Å². The van der Waals surface area contributed by atoms with E-state index in [1.807, 2.05) is 29.8 Å². The number of carboxylic acid groups (broad SMARTS) is 1. The molecule has 2 rings (SSSR count). The first-order valence-electron chi connectivity index (χ1n) is 5.81. The molecule has 92 valence electrons. The molecule has 0 aromatic heterocycles. The van der Waals surface area contributed by atoms with Gasteiger partial charge in [-0.2, -0.15) is 0 Å². The third-order valence-electron chi connectivity index (χ3n) is 3.24. The quantitative estimate of drug-likeness (QED) is 0.896. The second-order valence-electron chi connectivity index (χ2n) is 4.37. The van der Waals surface area contributed by atoms with E-state index >= 15 is 0 Å². The molecule has 0 spiro atoms. The molecule has 1 aromatic carbocycles. The summed E-state index contributed by atoms with van der Waals surface area (Å²) >= 11 is 1.89. The Labute approximate surface area is 106 Å². The minimum absolute atomic E-state index is 0.496. The molecule has 0 bridgehead atoms. The molecule has 0 saturated carbocycles. The van der Waals surface area contributed by atoms with E-state index in [0.717, 1.165) is 12.1 Å². The van der Waals surface area contributed by atoms with Crippen LogP contribution in [-0.4, -0.2) is 29.9 Å². The monoisotopic (exact) mass is 251 g/mol. The van der Waals surface area contributed by atoms with E-state index in [0.29, 0.717) is 0 Å². The number of anilines is 1. The number of hydrogen-bond acceptors (Lipinski definition) is 3. The minimum atomic E-state index is -0.792. The van der Waals surface area contributed by atoms with Gasteiger partial charge < -0.3 is 10.0 Å². The minimum Gasteiger partial charge on any atom is -0.480 e. The Morgan fingerprint density at radius 1 is 1.53 bits per heavy atom. The van der Waals surface area contributed by atoms with E-state index in [1.54, 1.807) is 6.92 Å². The first kappa shape index (κ1) is 12.3. The van der Waals surface area contributed by atoms with Crippen LogP contribution in [0.2, 0.25) is 0 Å². The highest BCUT2D eigenvalue weighted by Gasteiger charge is 2.18. The second kappa shape index (κ2) is 5.00. The van der Waals surface area contributed by atoms with Crippen LogP contribution in [0, 0.1) is 0 Å². The number of likely N-dealkylation sites (N-methyl/N-ethyl adjacent to an activating group) is 1. The highest BCUT2D eigenvalue weighted by molar-refractivity contribution is 7.99. The van der Waals surface area contributed by atoms with Crippen LogP contribution in [0.4, 0.5) is 5.69 Å². The van der Waals surface area contributed by atoms with Gasteiger partial charge in [-0.05, 0) is 49.3 Å². The number of rotatable bonds is 3. The number of fused-ring (bicyclic) bond motifs is 1. The predicted molar refractivity (Wildman–Crippen MR) is 71.0 cm³/mol. The van der Waals surface area contributed by atoms with E-state index < -0.39 is 12.0 Å². The van der Waals surface area contributed by atoms with Gasteiger partial charge in [0.2, 0.25) is 0 Å². The maximum absolute atomic E-state index is 11.0. The lowest BCUT2D eigenvalue weighted by Gasteiger charge is -2.25. The summed E-state index contributed by atoms with van der Waals surface area (Å²) in [6, 6.07) is 5.75. The molecule has 1 heterocycles. The van der Waals surface area contributed by atoms with Crippen LogP contribution in [0.3, 0.4) is 0 Å². The molecule has 0 radical (unpaired) electrons. The number of carbonyl (C=O) groups is 1. The molecule has 1 unspecified atom stereocenters. The Morgan fingerprint density at radius 3 is 3.00 bits per heavy atom. The molecule has 0 aliphatic carbocycles. The van der Waals surface area contributed by atoms with Crippen LogP contribution in [0.15, 0.2) is 23.1 Å². The van der Waals surface area contributed by atoms with Gasteiger partial charge >= 0.3 is 5.97 Å². The lowest BCUT2D eigenvalue weighted by molar-refractivity contribution is -0.138. The lowest BCUT2D eigenvalue weighted by atomic mass is 10.1. The zero-order valence-corrected chi connectivity index (χ0v) is 11.0. The SMILES string of the molecule is CC(C(=O)O)N(C)c1ccc2c(c1)CCCS2. The van der Waals surface area contributed by atoms with Gasteiger partial charge in [-0.3, -0.25) is 0 Å². The average molecular weight is 251 g/mol. The molecule has 4 heteroatoms. The fourth-order valence-corrected chi connectivity index (χ4v) is 2.97. The highest BCUT2D eigenvalue weighted by Crippen LogP contribution is 2.32. The molecule has 0 amide bonds. The number of thioether (sulfide) groups is 1. The Morgan fingerprint density at radius 2 is 2.29 bits per heavy atom. The van der Waals surface area contributed by atoms with Gasteiger partial charge in [0.25, 0.3) is 0 Å². The highest BCUT2D eigenvalue weighted by atomic mass is 32.2. The molecular formula is C13H17NO2S. The molecule has 17 heavy (non-hydrogen) atoms. The predicted octanol–water partition coefficient (Wildman–Crippen LogP) is 2.63. The maximum atomic E-state index is 11.0. The Hall–Kier alpha value is -1.16. The molecule has 0 fully saturated rings. The van der Waals surface area contributed by atoms with Gasteiger partial charge in [0, 0.05) is 17.6 Å². The van der Waals surface area contributed by atoms with E-state index in [1.165, 1.54) is 22.6 Å². The number of aryl methyl sites for hydroxylation is 1. The number of benzene rings is 1. The Bertz CT molecular complexity index is 433. The number of aliphatic carboxylic acids is 1. The summed E-state index contributed by atoms with van der Waals surface area (Å²) in [5, 5.41) is 9.01. The Balaban J connectivity index is 2.24. The molecule has 0 saturated heterocycles. The molecule has 1 atom stereocenters. The summed E-state index contributed by atoms with van der Waals surface area (Å²) in [5.74, 6) is 0.396. The van der Waals surface area contributed by atoms with Crippen molar-refractivity contribution in [3.63, 3.8) is 0 Å². The third kappa shape index (κ3) is 2.57. The summed E-state index contributed by atoms with van der Waals surface area (Å²) in [4.78, 5) is 14.1. The number of hydrogen-bond donors (Lipinski definition) is 1. The van der Waals surface area contributed by atoms with Crippen LogP contribution < -0.4 is 4.90 Å². The van der Waals surface area contributed by atoms with Crippen LogP contribution in [-0.2, 0) is 11.2 Å². The van der Waals surface area contributed by atoms with Crippen molar-refractivity contribution in [3.05, 3.63) is 23.8 Å². The fraction of sp³-hybridized carbons (Fsp3) is 0.462. The van der Waals surface area contributed by atoms with E-state index in [9.17, 15) is 4.79 Å². The third-order valence-corrected chi connectivity index (χ3v) is 4.44. The summed E-state index contributed by atoms with van der Waals surface area (Å²) in [6.07, 6.45) is 2.31. The second-order valence-corrected chi connectivity index (χ2v) is 5.51. The fourth-order valence-electron chi connectivity index (χ4n) is 1.96. The smallest absolute Gasteiger partial charge is 0.326 e. The van der Waals surface area contributed by atoms with Crippen molar-refractivity contribution in [2.45, 2.75) is 30.7 Å². The molecule has 1 aromatic rings. The van der Waals surface area contributed by atoms with E-state index in [2.05, 4.69) is 12.1 Å². The van der Waals surface area contributed by atoms with Crippen molar-refractivity contribution >= 4 is 23.4 Å². The molecule has 3 nitrogen and oxygen atoms in total. The topological polar surface area (TPSA) is 40.5 Å². The van der Waals surface area contributed by atoms with Crippen molar-refractivity contribution in [1.29, 1.82) is 0 Å². The van der Waals surface area contributed by atoms with Gasteiger partial charge in [0.05, 0.1) is 0 Å². The summed E-state index contributed by atoms with van der Waals surface area (Å²) in [5.41, 5.74) is 2.34. The first-order valence-corrected chi connectivity index (χ1v) is 6.79. The molecule has 1 aliphatic rings. The van der Waals surface area contributed by atoms with Crippen LogP contribution >= 0.6 is 11.8 Å². The number of carboxylic acids is 1. The van der Waals surface area contributed by atoms with Crippen LogP contribution in [0.1, 0.15) is 18.9 Å². The van der Waals surface area contributed by atoms with Crippen molar-refractivity contribution in [2.24, 2.45) is 0 Å². The zero-order valence-electron chi connectivity index (χ0n) is 10.1. The molecular weight excluding hydrogens is 234 g/mol. The van der Waals surface area contributed by atoms with Crippen LogP contribution in [0.25, 0.3) is 0 Å². The zero-order chi connectivity index (χ0) is 12.4.